The molecule has 1 aromatic carbocycles. The fourth-order valence-electron chi connectivity index (χ4n) is 2.17. The Morgan fingerprint density at radius 3 is 2.85 bits per heavy atom. The first kappa shape index (κ1) is 13.8. The van der Waals surface area contributed by atoms with Gasteiger partial charge >= 0.3 is 0 Å². The molecule has 3 aromatic rings. The molecule has 0 saturated carbocycles. The van der Waals surface area contributed by atoms with Crippen LogP contribution in [0.25, 0.3) is 11.0 Å². The Morgan fingerprint density at radius 2 is 2.20 bits per heavy atom. The first-order valence-electron chi connectivity index (χ1n) is 5.97. The van der Waals surface area contributed by atoms with Gasteiger partial charge in [0.2, 0.25) is 0 Å². The molecule has 2 heterocycles. The molecule has 0 amide bonds. The van der Waals surface area contributed by atoms with Gasteiger partial charge in [0.05, 0.1) is 32.7 Å². The summed E-state index contributed by atoms with van der Waals surface area (Å²) in [5.41, 5.74) is 2.52. The third-order valence-electron chi connectivity index (χ3n) is 3.23. The lowest BCUT2D eigenvalue weighted by Gasteiger charge is -2.08. The Balaban J connectivity index is 2.17. The van der Waals surface area contributed by atoms with Crippen molar-refractivity contribution in [3.05, 3.63) is 45.3 Å². The van der Waals surface area contributed by atoms with Crippen LogP contribution < -0.4 is 0 Å². The number of hydrogen-bond acceptors (Lipinski definition) is 2. The van der Waals surface area contributed by atoms with Crippen molar-refractivity contribution in [3.63, 3.8) is 0 Å². The second kappa shape index (κ2) is 5.33. The number of imidazole rings is 1. The number of benzene rings is 1. The average molecular weight is 405 g/mol. The fourth-order valence-corrected chi connectivity index (χ4v) is 2.82. The molecule has 104 valence electrons. The molecule has 3 rings (SSSR count). The van der Waals surface area contributed by atoms with Crippen molar-refractivity contribution >= 4 is 45.2 Å². The summed E-state index contributed by atoms with van der Waals surface area (Å²) in [6.45, 7) is 0.565. The number of fused-ring (bicyclic) bond motifs is 1. The Hall–Kier alpha value is -1.15. The highest BCUT2D eigenvalue weighted by Gasteiger charge is 2.14. The summed E-state index contributed by atoms with van der Waals surface area (Å²) in [6, 6.07) is 5.17. The van der Waals surface area contributed by atoms with Gasteiger partial charge in [0.1, 0.15) is 11.6 Å². The maximum Gasteiger partial charge on any atom is 0.138 e. The number of alkyl halides is 1. The maximum absolute atomic E-state index is 13.8. The SMILES string of the molecule is Cn1nccc1Cn1c(CCl)nc2cc(I)c(F)cc21. The standard InChI is InChI=1S/C13H11ClFIN4/c1-19-8(2-3-17-19)7-20-12-4-9(15)10(16)5-11(12)18-13(20)6-14/h2-5H,6-7H2,1H3. The summed E-state index contributed by atoms with van der Waals surface area (Å²) < 4.78 is 18.1. The Kier molecular flexibility index (Phi) is 3.68. The van der Waals surface area contributed by atoms with E-state index in [1.54, 1.807) is 16.9 Å². The van der Waals surface area contributed by atoms with E-state index in [-0.39, 0.29) is 11.7 Å². The highest BCUT2D eigenvalue weighted by molar-refractivity contribution is 14.1. The Labute approximate surface area is 133 Å². The summed E-state index contributed by atoms with van der Waals surface area (Å²) >= 11 is 7.92. The molecule has 0 unspecified atom stereocenters. The molecule has 0 aliphatic heterocycles. The molecular weight excluding hydrogens is 394 g/mol. The molecule has 2 aromatic heterocycles. The molecule has 0 aliphatic carbocycles. The first-order valence-corrected chi connectivity index (χ1v) is 7.58. The zero-order valence-electron chi connectivity index (χ0n) is 10.6. The van der Waals surface area contributed by atoms with Crippen LogP contribution in [0.15, 0.2) is 24.4 Å². The summed E-state index contributed by atoms with van der Waals surface area (Å²) in [5.74, 6) is 0.764. The van der Waals surface area contributed by atoms with Gasteiger partial charge in [-0.1, -0.05) is 0 Å². The second-order valence-corrected chi connectivity index (χ2v) is 5.88. The van der Waals surface area contributed by atoms with Crippen LogP contribution in [0, 0.1) is 9.39 Å². The van der Waals surface area contributed by atoms with Crippen molar-refractivity contribution < 1.29 is 4.39 Å². The molecule has 0 N–H and O–H groups in total. The molecule has 0 bridgehead atoms. The van der Waals surface area contributed by atoms with Crippen molar-refractivity contribution in [3.8, 4) is 0 Å². The quantitative estimate of drug-likeness (QED) is 0.496. The molecule has 0 spiro atoms. The third kappa shape index (κ3) is 2.31. The highest BCUT2D eigenvalue weighted by atomic mass is 127. The van der Waals surface area contributed by atoms with Crippen molar-refractivity contribution in [1.82, 2.24) is 19.3 Å². The number of halogens is 3. The summed E-state index contributed by atoms with van der Waals surface area (Å²) in [7, 11) is 1.87. The molecular formula is C13H11ClFIN4. The first-order chi connectivity index (χ1) is 9.60. The lowest BCUT2D eigenvalue weighted by atomic mass is 10.3. The van der Waals surface area contributed by atoms with E-state index >= 15 is 0 Å². The topological polar surface area (TPSA) is 35.6 Å². The molecule has 20 heavy (non-hydrogen) atoms. The molecule has 0 aliphatic rings. The van der Waals surface area contributed by atoms with E-state index in [9.17, 15) is 4.39 Å². The smallest absolute Gasteiger partial charge is 0.138 e. The second-order valence-electron chi connectivity index (χ2n) is 4.45. The molecule has 0 fully saturated rings. The monoisotopic (exact) mass is 404 g/mol. The van der Waals surface area contributed by atoms with Crippen molar-refractivity contribution in [2.45, 2.75) is 12.4 Å². The molecule has 4 nitrogen and oxygen atoms in total. The van der Waals surface area contributed by atoms with Crippen LogP contribution in [-0.4, -0.2) is 19.3 Å². The lowest BCUT2D eigenvalue weighted by molar-refractivity contribution is 0.619. The van der Waals surface area contributed by atoms with Crippen molar-refractivity contribution in [2.75, 3.05) is 0 Å². The van der Waals surface area contributed by atoms with Crippen LogP contribution in [0.1, 0.15) is 11.5 Å². The van der Waals surface area contributed by atoms with Gasteiger partial charge in [-0.15, -0.1) is 11.6 Å². The highest BCUT2D eigenvalue weighted by Crippen LogP contribution is 2.23. The zero-order valence-corrected chi connectivity index (χ0v) is 13.6. The Morgan fingerprint density at radius 1 is 1.40 bits per heavy atom. The van der Waals surface area contributed by atoms with E-state index in [1.807, 2.05) is 40.3 Å². The van der Waals surface area contributed by atoms with E-state index in [0.29, 0.717) is 10.1 Å². The van der Waals surface area contributed by atoms with Gasteiger partial charge in [0, 0.05) is 19.3 Å². The van der Waals surface area contributed by atoms with Gasteiger partial charge in [0.25, 0.3) is 0 Å². The van der Waals surface area contributed by atoms with Crippen LogP contribution in [0.3, 0.4) is 0 Å². The fraction of sp³-hybridized carbons (Fsp3) is 0.231. The number of rotatable bonds is 3. The van der Waals surface area contributed by atoms with Crippen LogP contribution in [0.4, 0.5) is 4.39 Å². The third-order valence-corrected chi connectivity index (χ3v) is 4.30. The largest absolute Gasteiger partial charge is 0.321 e. The van der Waals surface area contributed by atoms with Gasteiger partial charge in [0.15, 0.2) is 0 Å². The normalized spacial score (nSPS) is 11.4. The summed E-state index contributed by atoms with van der Waals surface area (Å²) in [5, 5.41) is 4.14. The van der Waals surface area contributed by atoms with Crippen LogP contribution in [0.5, 0.6) is 0 Å². The average Bonchev–Trinajstić information content (AvgIpc) is 2.96. The molecule has 7 heteroatoms. The van der Waals surface area contributed by atoms with E-state index in [1.165, 1.54) is 6.07 Å². The van der Waals surface area contributed by atoms with Crippen LogP contribution in [0.2, 0.25) is 0 Å². The van der Waals surface area contributed by atoms with E-state index in [4.69, 9.17) is 11.6 Å². The predicted molar refractivity (Wildman–Crippen MR) is 84.3 cm³/mol. The Bertz CT molecular complexity index is 780. The lowest BCUT2D eigenvalue weighted by Crippen LogP contribution is -2.08. The number of aryl methyl sites for hydroxylation is 1. The zero-order chi connectivity index (χ0) is 14.3. The van der Waals surface area contributed by atoms with Gasteiger partial charge in [-0.2, -0.15) is 5.10 Å². The minimum absolute atomic E-state index is 0.245. The van der Waals surface area contributed by atoms with Gasteiger partial charge < -0.3 is 4.57 Å². The number of hydrogen-bond donors (Lipinski definition) is 0. The van der Waals surface area contributed by atoms with E-state index < -0.39 is 0 Å². The summed E-state index contributed by atoms with van der Waals surface area (Å²) in [4.78, 5) is 4.47. The van der Waals surface area contributed by atoms with Crippen molar-refractivity contribution in [2.24, 2.45) is 7.05 Å². The molecule has 0 radical (unpaired) electrons. The van der Waals surface area contributed by atoms with Gasteiger partial charge in [-0.05, 0) is 34.7 Å². The van der Waals surface area contributed by atoms with Crippen LogP contribution >= 0.6 is 34.2 Å². The van der Waals surface area contributed by atoms with Crippen LogP contribution in [-0.2, 0) is 19.5 Å². The minimum atomic E-state index is -0.245. The minimum Gasteiger partial charge on any atom is -0.321 e. The predicted octanol–water partition coefficient (Wildman–Crippen LogP) is 3.30. The van der Waals surface area contributed by atoms with Gasteiger partial charge in [-0.3, -0.25) is 4.68 Å². The van der Waals surface area contributed by atoms with Gasteiger partial charge in [-0.25, -0.2) is 9.37 Å². The van der Waals surface area contributed by atoms with E-state index in [0.717, 1.165) is 22.6 Å². The van der Waals surface area contributed by atoms with E-state index in [2.05, 4.69) is 10.1 Å². The number of nitrogens with zero attached hydrogens (tertiary/aromatic N) is 4. The number of aromatic nitrogens is 4. The molecule has 0 saturated heterocycles. The summed E-state index contributed by atoms with van der Waals surface area (Å²) in [6.07, 6.45) is 1.73. The maximum atomic E-state index is 13.8. The van der Waals surface area contributed by atoms with Crippen molar-refractivity contribution in [1.29, 1.82) is 0 Å². The molecule has 0 atom stereocenters.